The van der Waals surface area contributed by atoms with E-state index in [0.29, 0.717) is 37.9 Å². The minimum Gasteiger partial charge on any atom is -0.465 e. The number of pyridine rings is 1. The number of hydrogen-bond acceptors (Lipinski definition) is 5. The summed E-state index contributed by atoms with van der Waals surface area (Å²) >= 11 is 0. The average Bonchev–Trinajstić information content (AvgIpc) is 2.73. The molecule has 0 saturated heterocycles. The minimum absolute atomic E-state index is 0.0395. The molecule has 1 aliphatic carbocycles. The Labute approximate surface area is 182 Å². The van der Waals surface area contributed by atoms with E-state index in [4.69, 9.17) is 5.73 Å². The molecule has 1 heterocycles. The molecule has 1 aromatic carbocycles. The molecule has 1 aliphatic rings. The molecule has 0 unspecified atom stereocenters. The molecule has 32 heavy (non-hydrogen) atoms. The molecular weight excluding hydrogens is 429 g/mol. The van der Waals surface area contributed by atoms with Crippen molar-refractivity contribution in [3.05, 3.63) is 42.7 Å². The summed E-state index contributed by atoms with van der Waals surface area (Å²) in [5.41, 5.74) is 6.41. The predicted octanol–water partition coefficient (Wildman–Crippen LogP) is 4.49. The third-order valence-corrected chi connectivity index (χ3v) is 5.36. The van der Waals surface area contributed by atoms with E-state index in [9.17, 15) is 27.9 Å². The molecule has 11 heteroatoms. The molecule has 0 aliphatic heterocycles. The van der Waals surface area contributed by atoms with Crippen LogP contribution >= 0.6 is 0 Å². The van der Waals surface area contributed by atoms with Gasteiger partial charge in [0.05, 0.1) is 23.3 Å². The van der Waals surface area contributed by atoms with Gasteiger partial charge in [-0.15, -0.1) is 13.2 Å². The number of alkyl halides is 3. The van der Waals surface area contributed by atoms with Crippen LogP contribution in [0.1, 0.15) is 25.7 Å². The zero-order chi connectivity index (χ0) is 23.3. The summed E-state index contributed by atoms with van der Waals surface area (Å²) in [5, 5.41) is 12.2. The molecule has 1 aromatic heterocycles. The number of halogens is 3. The maximum absolute atomic E-state index is 12.6. The number of nitrogens with one attached hydrogen (secondary N) is 1. The number of carbonyl (C=O) groups is 2. The summed E-state index contributed by atoms with van der Waals surface area (Å²) in [6.45, 7) is 0.309. The van der Waals surface area contributed by atoms with Gasteiger partial charge >= 0.3 is 12.5 Å². The monoisotopic (exact) mass is 452 g/mol. The number of benzene rings is 1. The van der Waals surface area contributed by atoms with Crippen LogP contribution in [-0.4, -0.2) is 35.0 Å². The zero-order valence-corrected chi connectivity index (χ0v) is 17.0. The zero-order valence-electron chi connectivity index (χ0n) is 17.0. The third kappa shape index (κ3) is 6.25. The molecule has 8 nitrogen and oxygen atoms in total. The SMILES string of the molecule is Nc1cc(OC(F)(F)F)ccc1NC(=O)C1CCC(CN(C(=O)O)c2cccnc2)CC1. The molecule has 172 valence electrons. The lowest BCUT2D eigenvalue weighted by Gasteiger charge is -2.31. The van der Waals surface area contributed by atoms with Gasteiger partial charge in [0, 0.05) is 24.7 Å². The summed E-state index contributed by atoms with van der Waals surface area (Å²) in [7, 11) is 0. The molecule has 4 N–H and O–H groups in total. The molecule has 3 rings (SSSR count). The van der Waals surface area contributed by atoms with E-state index in [1.807, 2.05) is 0 Å². The summed E-state index contributed by atoms with van der Waals surface area (Å²) in [6.07, 6.45) is -0.390. The summed E-state index contributed by atoms with van der Waals surface area (Å²) in [6, 6.07) is 6.68. The Morgan fingerprint density at radius 3 is 2.50 bits per heavy atom. The van der Waals surface area contributed by atoms with E-state index in [1.54, 1.807) is 18.3 Å². The van der Waals surface area contributed by atoms with E-state index in [2.05, 4.69) is 15.0 Å². The Bertz CT molecular complexity index is 948. The van der Waals surface area contributed by atoms with Gasteiger partial charge in [-0.25, -0.2) is 4.79 Å². The van der Waals surface area contributed by atoms with Crippen LogP contribution in [-0.2, 0) is 4.79 Å². The number of carboxylic acid groups (broad SMARTS) is 1. The van der Waals surface area contributed by atoms with E-state index in [0.717, 1.165) is 12.1 Å². The maximum atomic E-state index is 12.6. The van der Waals surface area contributed by atoms with Gasteiger partial charge in [-0.2, -0.15) is 0 Å². The second-order valence-corrected chi connectivity index (χ2v) is 7.61. The van der Waals surface area contributed by atoms with Crippen LogP contribution in [0, 0.1) is 11.8 Å². The molecule has 1 saturated carbocycles. The average molecular weight is 452 g/mol. The third-order valence-electron chi connectivity index (χ3n) is 5.36. The molecule has 2 amide bonds. The van der Waals surface area contributed by atoms with E-state index in [1.165, 1.54) is 17.2 Å². The van der Waals surface area contributed by atoms with Crippen LogP contribution in [0.25, 0.3) is 0 Å². The minimum atomic E-state index is -4.83. The number of carbonyl (C=O) groups excluding carboxylic acids is 1. The number of hydrogen-bond donors (Lipinski definition) is 3. The Morgan fingerprint density at radius 1 is 1.22 bits per heavy atom. The normalized spacial score (nSPS) is 18.6. The van der Waals surface area contributed by atoms with Crippen LogP contribution in [0.4, 0.5) is 35.0 Å². The molecule has 2 aromatic rings. The fourth-order valence-corrected chi connectivity index (χ4v) is 3.76. The number of amides is 2. The first kappa shape index (κ1) is 23.2. The Morgan fingerprint density at radius 2 is 1.94 bits per heavy atom. The van der Waals surface area contributed by atoms with Crippen LogP contribution in [0.15, 0.2) is 42.7 Å². The van der Waals surface area contributed by atoms with Gasteiger partial charge in [0.2, 0.25) is 5.91 Å². The highest BCUT2D eigenvalue weighted by molar-refractivity contribution is 5.95. The van der Waals surface area contributed by atoms with Gasteiger partial charge in [0.25, 0.3) is 0 Å². The van der Waals surface area contributed by atoms with Crippen LogP contribution in [0.3, 0.4) is 0 Å². The van der Waals surface area contributed by atoms with E-state index < -0.39 is 18.2 Å². The standard InChI is InChI=1S/C21H23F3N4O4/c22-21(23,24)32-16-7-8-18(17(25)10-16)27-19(29)14-5-3-13(4-6-14)12-28(20(30)31)15-2-1-9-26-11-15/h1-2,7-11,13-14H,3-6,12,25H2,(H,27,29)(H,30,31). The van der Waals surface area contributed by atoms with Crippen molar-refractivity contribution in [1.29, 1.82) is 0 Å². The second kappa shape index (κ2) is 9.75. The van der Waals surface area contributed by atoms with Crippen molar-refractivity contribution in [1.82, 2.24) is 4.98 Å². The summed E-state index contributed by atoms with van der Waals surface area (Å²) < 4.78 is 40.7. The lowest BCUT2D eigenvalue weighted by Crippen LogP contribution is -2.37. The van der Waals surface area contributed by atoms with Crippen LogP contribution in [0.5, 0.6) is 5.75 Å². The summed E-state index contributed by atoms with van der Waals surface area (Å²) in [5.74, 6) is -0.945. The first-order chi connectivity index (χ1) is 15.1. The van der Waals surface area contributed by atoms with Gasteiger partial charge < -0.3 is 20.9 Å². The molecule has 0 bridgehead atoms. The number of anilines is 3. The highest BCUT2D eigenvalue weighted by Crippen LogP contribution is 2.33. The molecule has 0 spiro atoms. The largest absolute Gasteiger partial charge is 0.573 e. The van der Waals surface area contributed by atoms with Gasteiger partial charge in [0.1, 0.15) is 5.75 Å². The van der Waals surface area contributed by atoms with Crippen molar-refractivity contribution in [2.75, 3.05) is 22.5 Å². The number of nitrogen functional groups attached to an aromatic ring is 1. The molecule has 0 radical (unpaired) electrons. The number of nitrogens with zero attached hydrogens (tertiary/aromatic N) is 2. The van der Waals surface area contributed by atoms with Gasteiger partial charge in [-0.3, -0.25) is 14.7 Å². The van der Waals surface area contributed by atoms with Crippen molar-refractivity contribution in [3.8, 4) is 5.75 Å². The Kier molecular flexibility index (Phi) is 7.06. The highest BCUT2D eigenvalue weighted by atomic mass is 19.4. The lowest BCUT2D eigenvalue weighted by molar-refractivity contribution is -0.274. The number of rotatable bonds is 6. The molecular formula is C21H23F3N4O4. The van der Waals surface area contributed by atoms with Crippen molar-refractivity contribution < 1.29 is 32.6 Å². The first-order valence-corrected chi connectivity index (χ1v) is 9.99. The quantitative estimate of drug-likeness (QED) is 0.556. The molecule has 1 fully saturated rings. The van der Waals surface area contributed by atoms with Gasteiger partial charge in [-0.1, -0.05) is 0 Å². The predicted molar refractivity (Wildman–Crippen MR) is 111 cm³/mol. The van der Waals surface area contributed by atoms with Crippen molar-refractivity contribution in [2.24, 2.45) is 11.8 Å². The van der Waals surface area contributed by atoms with Gasteiger partial charge in [-0.05, 0) is 55.9 Å². The number of aromatic nitrogens is 1. The highest BCUT2D eigenvalue weighted by Gasteiger charge is 2.32. The van der Waals surface area contributed by atoms with Gasteiger partial charge in [0.15, 0.2) is 0 Å². The number of nitrogens with two attached hydrogens (primary N) is 1. The first-order valence-electron chi connectivity index (χ1n) is 9.99. The number of ether oxygens (including phenoxy) is 1. The fraction of sp³-hybridized carbons (Fsp3) is 0.381. The van der Waals surface area contributed by atoms with E-state index in [-0.39, 0.29) is 29.1 Å². The Balaban J connectivity index is 1.54. The smallest absolute Gasteiger partial charge is 0.465 e. The lowest BCUT2D eigenvalue weighted by atomic mass is 9.81. The fourth-order valence-electron chi connectivity index (χ4n) is 3.76. The summed E-state index contributed by atoms with van der Waals surface area (Å²) in [4.78, 5) is 29.4. The second-order valence-electron chi connectivity index (χ2n) is 7.61. The van der Waals surface area contributed by atoms with Crippen LogP contribution in [0.2, 0.25) is 0 Å². The van der Waals surface area contributed by atoms with Crippen molar-refractivity contribution in [2.45, 2.75) is 32.0 Å². The molecule has 0 atom stereocenters. The van der Waals surface area contributed by atoms with E-state index >= 15 is 0 Å². The topological polar surface area (TPSA) is 118 Å². The van der Waals surface area contributed by atoms with Crippen molar-refractivity contribution >= 4 is 29.1 Å². The van der Waals surface area contributed by atoms with Crippen molar-refractivity contribution in [3.63, 3.8) is 0 Å². The maximum Gasteiger partial charge on any atom is 0.573 e. The Hall–Kier alpha value is -3.50. The van der Waals surface area contributed by atoms with Crippen LogP contribution < -0.4 is 20.7 Å².